The number of rotatable bonds is 5. The molecule has 0 aliphatic rings. The van der Waals surface area contributed by atoms with E-state index in [0.717, 1.165) is 0 Å². The van der Waals surface area contributed by atoms with Gasteiger partial charge in [0, 0.05) is 5.57 Å². The number of alkyl halides is 1. The molecule has 1 atom stereocenters. The monoisotopic (exact) mass is 235 g/mol. The van der Waals surface area contributed by atoms with Gasteiger partial charge in [0.1, 0.15) is 6.10 Å². The van der Waals surface area contributed by atoms with Crippen LogP contribution < -0.4 is 5.32 Å². The lowest BCUT2D eigenvalue weighted by atomic mass is 10.3. The van der Waals surface area contributed by atoms with E-state index in [4.69, 9.17) is 16.3 Å². The summed E-state index contributed by atoms with van der Waals surface area (Å²) in [5, 5.41) is 2.53. The topological polar surface area (TPSA) is 64.6 Å². The first-order valence-corrected chi connectivity index (χ1v) is 4.84. The minimum absolute atomic E-state index is 0.197. The third-order valence-corrected chi connectivity index (χ3v) is 1.52. The van der Waals surface area contributed by atoms with Crippen LogP contribution in [-0.4, -0.2) is 30.8 Å². The van der Waals surface area contributed by atoms with Gasteiger partial charge < -0.3 is 14.8 Å². The van der Waals surface area contributed by atoms with Crippen LogP contribution in [-0.2, 0) is 14.3 Å². The molecule has 0 rings (SSSR count). The van der Waals surface area contributed by atoms with Crippen LogP contribution in [0, 0.1) is 0 Å². The van der Waals surface area contributed by atoms with Gasteiger partial charge in [-0.3, -0.25) is 4.79 Å². The molecule has 0 heterocycles. The molecular formula is C9H14ClNO4. The molecule has 0 saturated heterocycles. The van der Waals surface area contributed by atoms with Gasteiger partial charge in [0.15, 0.2) is 6.07 Å². The molecule has 86 valence electrons. The third kappa shape index (κ3) is 6.79. The molecule has 1 N–H and O–H groups in total. The average Bonchev–Trinajstić information content (AvgIpc) is 2.14. The summed E-state index contributed by atoms with van der Waals surface area (Å²) in [5.41, 5.74) is 0.394. The Morgan fingerprint density at radius 2 is 2.13 bits per heavy atom. The van der Waals surface area contributed by atoms with E-state index in [1.807, 2.05) is 0 Å². The molecule has 0 fully saturated rings. The predicted molar refractivity (Wildman–Crippen MR) is 55.6 cm³/mol. The maximum Gasteiger partial charge on any atom is 0.509 e. The Hall–Kier alpha value is -1.23. The second kappa shape index (κ2) is 7.11. The van der Waals surface area contributed by atoms with Crippen LogP contribution in [0.2, 0.25) is 0 Å². The lowest BCUT2D eigenvalue weighted by Crippen LogP contribution is -2.33. The fourth-order valence-electron chi connectivity index (χ4n) is 0.672. The van der Waals surface area contributed by atoms with E-state index in [2.05, 4.69) is 16.6 Å². The van der Waals surface area contributed by atoms with Crippen LogP contribution in [0.15, 0.2) is 12.2 Å². The molecule has 0 radical (unpaired) electrons. The van der Waals surface area contributed by atoms with Gasteiger partial charge in [-0.15, -0.1) is 0 Å². The van der Waals surface area contributed by atoms with Gasteiger partial charge in [0.25, 0.3) is 0 Å². The number of hydrogen-bond donors (Lipinski definition) is 1. The zero-order valence-electron chi connectivity index (χ0n) is 8.71. The van der Waals surface area contributed by atoms with E-state index >= 15 is 0 Å². The van der Waals surface area contributed by atoms with Gasteiger partial charge in [-0.1, -0.05) is 18.2 Å². The van der Waals surface area contributed by atoms with E-state index in [1.54, 1.807) is 13.8 Å². The molecule has 0 saturated carbocycles. The molecule has 1 unspecified atom stereocenters. The zero-order valence-corrected chi connectivity index (χ0v) is 9.47. The van der Waals surface area contributed by atoms with Crippen molar-refractivity contribution >= 4 is 23.7 Å². The number of ether oxygens (including phenoxy) is 2. The molecule has 6 heteroatoms. The van der Waals surface area contributed by atoms with E-state index in [9.17, 15) is 9.59 Å². The molecule has 0 aromatic heterocycles. The molecular weight excluding hydrogens is 222 g/mol. The number of hydrogen-bond acceptors (Lipinski definition) is 4. The van der Waals surface area contributed by atoms with Crippen molar-refractivity contribution in [3.05, 3.63) is 12.2 Å². The van der Waals surface area contributed by atoms with Crippen molar-refractivity contribution < 1.29 is 19.1 Å². The van der Waals surface area contributed by atoms with E-state index in [1.165, 1.54) is 0 Å². The molecule has 0 aliphatic heterocycles. The van der Waals surface area contributed by atoms with Crippen LogP contribution in [0.5, 0.6) is 0 Å². The largest absolute Gasteiger partial charge is 0.509 e. The normalized spacial score (nSPS) is 11.4. The number of carbonyl (C=O) groups excluding carboxylic acids is 2. The van der Waals surface area contributed by atoms with Crippen molar-refractivity contribution in [3.63, 3.8) is 0 Å². The Bertz CT molecular complexity index is 254. The first kappa shape index (κ1) is 13.8. The highest BCUT2D eigenvalue weighted by molar-refractivity contribution is 6.17. The van der Waals surface area contributed by atoms with Crippen LogP contribution >= 0.6 is 11.6 Å². The SMILES string of the molecule is C=C(C)C(=O)NCC(C)OC(=O)OCCl. The fourth-order valence-corrected chi connectivity index (χ4v) is 0.761. The van der Waals surface area contributed by atoms with Crippen molar-refractivity contribution in [2.45, 2.75) is 20.0 Å². The standard InChI is InChI=1S/C9H14ClNO4/c1-6(2)8(12)11-4-7(3)15-9(13)14-5-10/h7H,1,4-5H2,2-3H3,(H,11,12). The molecule has 0 aromatic rings. The third-order valence-electron chi connectivity index (χ3n) is 1.41. The molecule has 15 heavy (non-hydrogen) atoms. The van der Waals surface area contributed by atoms with E-state index in [0.29, 0.717) is 5.57 Å². The summed E-state index contributed by atoms with van der Waals surface area (Å²) in [6.45, 7) is 6.86. The Labute approximate surface area is 93.4 Å². The maximum absolute atomic E-state index is 11.1. The first-order chi connectivity index (χ1) is 6.97. The second-order valence-electron chi connectivity index (χ2n) is 2.92. The van der Waals surface area contributed by atoms with E-state index in [-0.39, 0.29) is 18.5 Å². The van der Waals surface area contributed by atoms with Gasteiger partial charge >= 0.3 is 6.16 Å². The van der Waals surface area contributed by atoms with Gasteiger partial charge in [-0.25, -0.2) is 4.79 Å². The Kier molecular flexibility index (Phi) is 6.53. The van der Waals surface area contributed by atoms with Crippen molar-refractivity contribution in [1.29, 1.82) is 0 Å². The molecule has 0 spiro atoms. The average molecular weight is 236 g/mol. The first-order valence-electron chi connectivity index (χ1n) is 4.30. The Morgan fingerprint density at radius 1 is 1.53 bits per heavy atom. The maximum atomic E-state index is 11.1. The van der Waals surface area contributed by atoms with Gasteiger partial charge in [0.2, 0.25) is 5.91 Å². The fraction of sp³-hybridized carbons (Fsp3) is 0.556. The summed E-state index contributed by atoms with van der Waals surface area (Å²) in [5.74, 6) is -0.281. The molecule has 0 bridgehead atoms. The summed E-state index contributed by atoms with van der Waals surface area (Å²) >= 11 is 5.14. The minimum atomic E-state index is -0.859. The van der Waals surface area contributed by atoms with Gasteiger partial charge in [-0.2, -0.15) is 0 Å². The summed E-state index contributed by atoms with van der Waals surface area (Å²) in [6.07, 6.45) is -1.34. The second-order valence-corrected chi connectivity index (χ2v) is 3.14. The number of carbonyl (C=O) groups is 2. The zero-order chi connectivity index (χ0) is 11.8. The lowest BCUT2D eigenvalue weighted by molar-refractivity contribution is -0.117. The quantitative estimate of drug-likeness (QED) is 0.445. The molecule has 0 aliphatic carbocycles. The Morgan fingerprint density at radius 3 is 2.60 bits per heavy atom. The van der Waals surface area contributed by atoms with Gasteiger partial charge in [-0.05, 0) is 13.8 Å². The summed E-state index contributed by atoms with van der Waals surface area (Å²) in [6, 6.07) is -0.260. The summed E-state index contributed by atoms with van der Waals surface area (Å²) in [4.78, 5) is 21.8. The van der Waals surface area contributed by atoms with Crippen molar-refractivity contribution in [2.75, 3.05) is 12.6 Å². The summed E-state index contributed by atoms with van der Waals surface area (Å²) < 4.78 is 9.07. The summed E-state index contributed by atoms with van der Waals surface area (Å²) in [7, 11) is 0. The highest BCUT2D eigenvalue weighted by atomic mass is 35.5. The Balaban J connectivity index is 3.75. The van der Waals surface area contributed by atoms with Crippen molar-refractivity contribution in [2.24, 2.45) is 0 Å². The number of nitrogens with one attached hydrogen (secondary N) is 1. The lowest BCUT2D eigenvalue weighted by Gasteiger charge is -2.13. The molecule has 0 aromatic carbocycles. The van der Waals surface area contributed by atoms with Crippen molar-refractivity contribution in [3.8, 4) is 0 Å². The highest BCUT2D eigenvalue weighted by Crippen LogP contribution is 1.95. The highest BCUT2D eigenvalue weighted by Gasteiger charge is 2.11. The smallest absolute Gasteiger partial charge is 0.429 e. The number of amides is 1. The van der Waals surface area contributed by atoms with Crippen molar-refractivity contribution in [1.82, 2.24) is 5.32 Å². The van der Waals surface area contributed by atoms with E-state index < -0.39 is 12.3 Å². The van der Waals surface area contributed by atoms with Gasteiger partial charge in [0.05, 0.1) is 6.54 Å². The number of halogens is 1. The minimum Gasteiger partial charge on any atom is -0.429 e. The van der Waals surface area contributed by atoms with Crippen LogP contribution in [0.4, 0.5) is 4.79 Å². The predicted octanol–water partition coefficient (Wildman–Crippen LogP) is 1.42. The van der Waals surface area contributed by atoms with Crippen LogP contribution in [0.3, 0.4) is 0 Å². The molecule has 1 amide bonds. The van der Waals surface area contributed by atoms with Crippen LogP contribution in [0.1, 0.15) is 13.8 Å². The van der Waals surface area contributed by atoms with Crippen LogP contribution in [0.25, 0.3) is 0 Å². The molecule has 5 nitrogen and oxygen atoms in total.